The summed E-state index contributed by atoms with van der Waals surface area (Å²) in [5.41, 5.74) is -0.698. The van der Waals surface area contributed by atoms with Crippen LogP contribution in [0.15, 0.2) is 0 Å². The van der Waals surface area contributed by atoms with Crippen molar-refractivity contribution in [2.75, 3.05) is 13.1 Å². The van der Waals surface area contributed by atoms with Gasteiger partial charge in [-0.15, -0.1) is 0 Å². The Morgan fingerprint density at radius 1 is 1.28 bits per heavy atom. The van der Waals surface area contributed by atoms with Crippen LogP contribution in [0.5, 0.6) is 0 Å². The quantitative estimate of drug-likeness (QED) is 0.763. The van der Waals surface area contributed by atoms with E-state index in [1.165, 1.54) is 0 Å². The summed E-state index contributed by atoms with van der Waals surface area (Å²) in [7, 11) is 0. The maximum atomic E-state index is 12.0. The third-order valence-corrected chi connectivity index (χ3v) is 3.33. The number of amides is 2. The largest absolute Gasteiger partial charge is 0.481 e. The minimum absolute atomic E-state index is 0.118. The van der Waals surface area contributed by atoms with Crippen LogP contribution in [0, 0.1) is 11.3 Å². The molecule has 104 valence electrons. The lowest BCUT2D eigenvalue weighted by Gasteiger charge is -2.29. The van der Waals surface area contributed by atoms with Gasteiger partial charge in [0.15, 0.2) is 0 Å². The van der Waals surface area contributed by atoms with E-state index in [1.807, 2.05) is 13.8 Å². The first-order chi connectivity index (χ1) is 8.28. The summed E-state index contributed by atoms with van der Waals surface area (Å²) in [5.74, 6) is -0.407. The topological polar surface area (TPSA) is 69.6 Å². The van der Waals surface area contributed by atoms with E-state index in [0.29, 0.717) is 25.3 Å². The summed E-state index contributed by atoms with van der Waals surface area (Å²) in [6.45, 7) is 8.97. The van der Waals surface area contributed by atoms with Gasteiger partial charge < -0.3 is 15.3 Å². The zero-order valence-corrected chi connectivity index (χ0v) is 11.7. The number of nitrogens with zero attached hydrogens (tertiary/aromatic N) is 1. The Morgan fingerprint density at radius 2 is 1.83 bits per heavy atom. The molecule has 0 unspecified atom stereocenters. The average molecular weight is 256 g/mol. The molecule has 1 aliphatic rings. The summed E-state index contributed by atoms with van der Waals surface area (Å²) in [6.07, 6.45) is 1.32. The Balaban J connectivity index is 2.50. The van der Waals surface area contributed by atoms with Crippen LogP contribution in [-0.4, -0.2) is 41.1 Å². The number of carbonyl (C=O) groups excluding carboxylic acids is 1. The van der Waals surface area contributed by atoms with Gasteiger partial charge >= 0.3 is 12.0 Å². The minimum Gasteiger partial charge on any atom is -0.481 e. The van der Waals surface area contributed by atoms with E-state index in [0.717, 1.165) is 0 Å². The van der Waals surface area contributed by atoms with Crippen LogP contribution < -0.4 is 5.32 Å². The van der Waals surface area contributed by atoms with E-state index in [-0.39, 0.29) is 18.6 Å². The summed E-state index contributed by atoms with van der Waals surface area (Å²) in [6, 6.07) is -0.0430. The molecule has 0 atom stereocenters. The first-order valence-electron chi connectivity index (χ1n) is 6.56. The molecule has 5 nitrogen and oxygen atoms in total. The zero-order chi connectivity index (χ0) is 13.9. The molecule has 5 heteroatoms. The second-order valence-corrected chi connectivity index (χ2v) is 5.88. The van der Waals surface area contributed by atoms with Crippen LogP contribution in [0.1, 0.15) is 40.5 Å². The number of carbonyl (C=O) groups is 2. The van der Waals surface area contributed by atoms with Gasteiger partial charge in [-0.25, -0.2) is 4.79 Å². The van der Waals surface area contributed by atoms with Crippen molar-refractivity contribution in [2.24, 2.45) is 11.3 Å². The molecule has 0 aliphatic heterocycles. The Morgan fingerprint density at radius 3 is 2.17 bits per heavy atom. The minimum atomic E-state index is -0.803. The Bertz CT molecular complexity index is 322. The number of carboxylic acid groups (broad SMARTS) is 1. The first kappa shape index (κ1) is 14.8. The van der Waals surface area contributed by atoms with Crippen molar-refractivity contribution >= 4 is 12.0 Å². The molecule has 0 heterocycles. The van der Waals surface area contributed by atoms with Crippen molar-refractivity contribution < 1.29 is 14.7 Å². The van der Waals surface area contributed by atoms with Crippen LogP contribution >= 0.6 is 0 Å². The van der Waals surface area contributed by atoms with Gasteiger partial charge in [-0.2, -0.15) is 0 Å². The third kappa shape index (κ3) is 3.62. The molecule has 0 aromatic heterocycles. The maximum absolute atomic E-state index is 12.0. The van der Waals surface area contributed by atoms with Crippen molar-refractivity contribution in [2.45, 2.75) is 46.6 Å². The lowest BCUT2D eigenvalue weighted by Crippen LogP contribution is -2.47. The van der Waals surface area contributed by atoms with Gasteiger partial charge in [0, 0.05) is 19.1 Å². The van der Waals surface area contributed by atoms with Crippen molar-refractivity contribution in [3.63, 3.8) is 0 Å². The van der Waals surface area contributed by atoms with Gasteiger partial charge in [-0.3, -0.25) is 4.79 Å². The fraction of sp³-hybridized carbons (Fsp3) is 0.846. The van der Waals surface area contributed by atoms with Crippen molar-refractivity contribution in [1.29, 1.82) is 0 Å². The van der Waals surface area contributed by atoms with E-state index >= 15 is 0 Å². The number of hydrogen-bond acceptors (Lipinski definition) is 2. The van der Waals surface area contributed by atoms with Gasteiger partial charge in [-0.1, -0.05) is 13.8 Å². The molecule has 0 radical (unpaired) electrons. The molecule has 0 spiro atoms. The monoisotopic (exact) mass is 256 g/mol. The second kappa shape index (κ2) is 5.59. The smallest absolute Gasteiger partial charge is 0.317 e. The zero-order valence-electron chi connectivity index (χ0n) is 11.7. The standard InChI is InChI=1S/C13H24N2O3/c1-9(2)7-15(10(3)4)12(18)14-8-13(5-6-13)11(16)17/h9-10H,5-8H2,1-4H3,(H,14,18)(H,16,17). The molecule has 2 N–H and O–H groups in total. The highest BCUT2D eigenvalue weighted by Crippen LogP contribution is 2.45. The van der Waals surface area contributed by atoms with Crippen molar-refractivity contribution in [1.82, 2.24) is 10.2 Å². The number of carboxylic acids is 1. The summed E-state index contributed by atoms with van der Waals surface area (Å²) in [5, 5.41) is 11.8. The summed E-state index contributed by atoms with van der Waals surface area (Å²) in [4.78, 5) is 24.8. The molecule has 0 bridgehead atoms. The summed E-state index contributed by atoms with van der Waals surface area (Å²) >= 11 is 0. The molecule has 0 saturated heterocycles. The first-order valence-corrected chi connectivity index (χ1v) is 6.56. The van der Waals surface area contributed by atoms with Crippen LogP contribution in [0.4, 0.5) is 4.79 Å². The molecular formula is C13H24N2O3. The Labute approximate surface area is 109 Å². The van der Waals surface area contributed by atoms with E-state index in [4.69, 9.17) is 5.11 Å². The normalized spacial score (nSPS) is 16.8. The summed E-state index contributed by atoms with van der Waals surface area (Å²) < 4.78 is 0. The van der Waals surface area contributed by atoms with Gasteiger partial charge in [0.1, 0.15) is 0 Å². The fourth-order valence-electron chi connectivity index (χ4n) is 1.89. The Hall–Kier alpha value is -1.26. The number of aliphatic carboxylic acids is 1. The fourth-order valence-corrected chi connectivity index (χ4v) is 1.89. The molecular weight excluding hydrogens is 232 g/mol. The molecule has 1 saturated carbocycles. The molecule has 1 aliphatic carbocycles. The molecule has 0 aromatic rings. The predicted octanol–water partition coefficient (Wildman–Crippen LogP) is 1.93. The lowest BCUT2D eigenvalue weighted by atomic mass is 10.1. The molecule has 1 fully saturated rings. The number of hydrogen-bond donors (Lipinski definition) is 2. The molecule has 18 heavy (non-hydrogen) atoms. The van der Waals surface area contributed by atoms with Crippen LogP contribution in [-0.2, 0) is 4.79 Å². The predicted molar refractivity (Wildman–Crippen MR) is 69.4 cm³/mol. The van der Waals surface area contributed by atoms with Gasteiger partial charge in [-0.05, 0) is 32.6 Å². The van der Waals surface area contributed by atoms with Crippen LogP contribution in [0.25, 0.3) is 0 Å². The van der Waals surface area contributed by atoms with Crippen molar-refractivity contribution in [3.8, 4) is 0 Å². The van der Waals surface area contributed by atoms with E-state index in [2.05, 4.69) is 19.2 Å². The maximum Gasteiger partial charge on any atom is 0.317 e. The number of urea groups is 1. The SMILES string of the molecule is CC(C)CN(C(=O)NCC1(C(=O)O)CC1)C(C)C. The third-order valence-electron chi connectivity index (χ3n) is 3.33. The van der Waals surface area contributed by atoms with Gasteiger partial charge in [0.05, 0.1) is 5.41 Å². The van der Waals surface area contributed by atoms with E-state index in [9.17, 15) is 9.59 Å². The Kier molecular flexibility index (Phi) is 4.59. The highest BCUT2D eigenvalue weighted by atomic mass is 16.4. The van der Waals surface area contributed by atoms with E-state index < -0.39 is 11.4 Å². The lowest BCUT2D eigenvalue weighted by molar-refractivity contribution is -0.143. The van der Waals surface area contributed by atoms with Crippen molar-refractivity contribution in [3.05, 3.63) is 0 Å². The number of rotatable bonds is 6. The van der Waals surface area contributed by atoms with Gasteiger partial charge in [0.25, 0.3) is 0 Å². The molecule has 1 rings (SSSR count). The molecule has 0 aromatic carbocycles. The average Bonchev–Trinajstić information content (AvgIpc) is 3.03. The van der Waals surface area contributed by atoms with Gasteiger partial charge in [0.2, 0.25) is 0 Å². The highest BCUT2D eigenvalue weighted by Gasteiger charge is 2.50. The highest BCUT2D eigenvalue weighted by molar-refractivity contribution is 5.80. The number of nitrogens with one attached hydrogen (secondary N) is 1. The van der Waals surface area contributed by atoms with Crippen LogP contribution in [0.3, 0.4) is 0 Å². The van der Waals surface area contributed by atoms with E-state index in [1.54, 1.807) is 4.90 Å². The molecule has 2 amide bonds. The second-order valence-electron chi connectivity index (χ2n) is 5.88. The van der Waals surface area contributed by atoms with Crippen LogP contribution in [0.2, 0.25) is 0 Å².